The summed E-state index contributed by atoms with van der Waals surface area (Å²) in [6, 6.07) is 3.99. The van der Waals surface area contributed by atoms with Gasteiger partial charge < -0.3 is 15.0 Å². The number of thioether (sulfide) groups is 1. The number of esters is 1. The number of carbonyl (C=O) groups excluding carboxylic acids is 4. The minimum Gasteiger partial charge on any atom is -0.452 e. The van der Waals surface area contributed by atoms with Crippen molar-refractivity contribution in [3.8, 4) is 0 Å². The van der Waals surface area contributed by atoms with E-state index in [1.807, 2.05) is 4.90 Å². The zero-order valence-corrected chi connectivity index (χ0v) is 16.8. The smallest absolute Gasteiger partial charge is 0.341 e. The van der Waals surface area contributed by atoms with E-state index in [1.165, 1.54) is 12.1 Å². The molecule has 0 aliphatic carbocycles. The summed E-state index contributed by atoms with van der Waals surface area (Å²) >= 11 is 0.902. The number of nitro benzene ring substituents is 1. The third-order valence-corrected chi connectivity index (χ3v) is 5.55. The summed E-state index contributed by atoms with van der Waals surface area (Å²) in [7, 11) is 0. The lowest BCUT2D eigenvalue weighted by atomic mass is 10.1. The molecule has 3 rings (SSSR count). The summed E-state index contributed by atoms with van der Waals surface area (Å²) in [5, 5.41) is 13.2. The van der Waals surface area contributed by atoms with Crippen LogP contribution in [0.5, 0.6) is 0 Å². The first-order valence-electron chi connectivity index (χ1n) is 9.31. The van der Waals surface area contributed by atoms with Crippen molar-refractivity contribution < 1.29 is 28.8 Å². The van der Waals surface area contributed by atoms with Crippen molar-refractivity contribution in [2.24, 2.45) is 0 Å². The van der Waals surface area contributed by atoms with Crippen LogP contribution < -0.4 is 10.2 Å². The Morgan fingerprint density at radius 3 is 2.60 bits per heavy atom. The molecular formula is C18H20N4O7S. The van der Waals surface area contributed by atoms with Crippen LogP contribution >= 0.6 is 11.8 Å². The van der Waals surface area contributed by atoms with Gasteiger partial charge in [-0.3, -0.25) is 29.4 Å². The number of amides is 3. The number of hydrogen-bond donors (Lipinski definition) is 1. The normalized spacial score (nSPS) is 16.1. The molecule has 0 saturated carbocycles. The Balaban J connectivity index is 1.56. The zero-order valence-electron chi connectivity index (χ0n) is 16.0. The fourth-order valence-corrected chi connectivity index (χ4v) is 3.95. The Labute approximate surface area is 175 Å². The van der Waals surface area contributed by atoms with Gasteiger partial charge in [-0.15, -0.1) is 0 Å². The first-order chi connectivity index (χ1) is 14.4. The zero-order chi connectivity index (χ0) is 21.7. The van der Waals surface area contributed by atoms with Gasteiger partial charge >= 0.3 is 5.97 Å². The molecule has 0 aromatic heterocycles. The van der Waals surface area contributed by atoms with Gasteiger partial charge in [-0.05, 0) is 18.9 Å². The monoisotopic (exact) mass is 436 g/mol. The Hall–Kier alpha value is -3.15. The third kappa shape index (κ3) is 5.06. The molecule has 30 heavy (non-hydrogen) atoms. The minimum absolute atomic E-state index is 0.0317. The van der Waals surface area contributed by atoms with Crippen LogP contribution in [0.25, 0.3) is 0 Å². The highest BCUT2D eigenvalue weighted by Crippen LogP contribution is 2.29. The average molecular weight is 436 g/mol. The number of nitro groups is 1. The molecule has 0 atom stereocenters. The van der Waals surface area contributed by atoms with Crippen LogP contribution in [0.2, 0.25) is 0 Å². The van der Waals surface area contributed by atoms with Gasteiger partial charge in [-0.25, -0.2) is 4.79 Å². The van der Waals surface area contributed by atoms with Crippen LogP contribution in [-0.4, -0.2) is 71.4 Å². The van der Waals surface area contributed by atoms with Crippen LogP contribution in [0.3, 0.4) is 0 Å². The van der Waals surface area contributed by atoms with Crippen LogP contribution in [0.1, 0.15) is 23.2 Å². The summed E-state index contributed by atoms with van der Waals surface area (Å²) in [4.78, 5) is 60.9. The number of hydrogen-bond acceptors (Lipinski definition) is 9. The SMILES string of the molecule is O=C(COC(=O)c1cc([N+](=O)[O-])ccc1N1CCCC1)NCCN1C(=O)CSC1=O. The van der Waals surface area contributed by atoms with E-state index in [1.54, 1.807) is 0 Å². The summed E-state index contributed by atoms with van der Waals surface area (Å²) < 4.78 is 5.04. The van der Waals surface area contributed by atoms with E-state index < -0.39 is 23.4 Å². The first kappa shape index (κ1) is 21.6. The second-order valence-electron chi connectivity index (χ2n) is 6.68. The number of carbonyl (C=O) groups is 4. The van der Waals surface area contributed by atoms with Crippen molar-refractivity contribution in [1.29, 1.82) is 0 Å². The molecule has 0 radical (unpaired) electrons. The minimum atomic E-state index is -0.836. The molecule has 1 N–H and O–H groups in total. The van der Waals surface area contributed by atoms with E-state index >= 15 is 0 Å². The topological polar surface area (TPSA) is 139 Å². The van der Waals surface area contributed by atoms with Crippen LogP contribution in [0.4, 0.5) is 16.2 Å². The Morgan fingerprint density at radius 2 is 1.97 bits per heavy atom. The first-order valence-corrected chi connectivity index (χ1v) is 10.3. The van der Waals surface area contributed by atoms with E-state index in [0.29, 0.717) is 5.69 Å². The maximum atomic E-state index is 12.5. The van der Waals surface area contributed by atoms with Crippen molar-refractivity contribution >= 4 is 46.2 Å². The predicted octanol–water partition coefficient (Wildman–Crippen LogP) is 1.16. The molecule has 3 amide bonds. The van der Waals surface area contributed by atoms with Gasteiger partial charge in [0.1, 0.15) is 0 Å². The maximum absolute atomic E-state index is 12.5. The molecule has 160 valence electrons. The molecule has 2 aliphatic rings. The van der Waals surface area contributed by atoms with Crippen molar-refractivity contribution in [3.63, 3.8) is 0 Å². The lowest BCUT2D eigenvalue weighted by Crippen LogP contribution is -2.38. The standard InChI is InChI=1S/C18H20N4O7S/c23-15(19-5-8-21-16(24)11-30-18(21)26)10-29-17(25)13-9-12(22(27)28)3-4-14(13)20-6-1-2-7-20/h3-4,9H,1-2,5-8,10-11H2,(H,19,23). The molecule has 2 aliphatic heterocycles. The second-order valence-corrected chi connectivity index (χ2v) is 7.61. The van der Waals surface area contributed by atoms with E-state index in [9.17, 15) is 29.3 Å². The van der Waals surface area contributed by atoms with Crippen molar-refractivity contribution in [3.05, 3.63) is 33.9 Å². The number of benzene rings is 1. The van der Waals surface area contributed by atoms with E-state index in [4.69, 9.17) is 4.74 Å². The summed E-state index contributed by atoms with van der Waals surface area (Å²) in [5.41, 5.74) is 0.323. The maximum Gasteiger partial charge on any atom is 0.341 e. The van der Waals surface area contributed by atoms with Crippen LogP contribution in [-0.2, 0) is 14.3 Å². The molecule has 0 unspecified atom stereocenters. The average Bonchev–Trinajstić information content (AvgIpc) is 3.37. The van der Waals surface area contributed by atoms with Gasteiger partial charge in [0.2, 0.25) is 5.91 Å². The molecule has 2 saturated heterocycles. The number of ether oxygens (including phenoxy) is 1. The molecule has 1 aromatic carbocycles. The Bertz CT molecular complexity index is 869. The van der Waals surface area contributed by atoms with Gasteiger partial charge in [0.15, 0.2) is 6.61 Å². The van der Waals surface area contributed by atoms with Crippen molar-refractivity contribution in [1.82, 2.24) is 10.2 Å². The molecule has 2 heterocycles. The number of rotatable bonds is 8. The fourth-order valence-electron chi connectivity index (χ4n) is 3.20. The number of non-ortho nitro benzene ring substituents is 1. The highest BCUT2D eigenvalue weighted by Gasteiger charge is 2.29. The highest BCUT2D eigenvalue weighted by molar-refractivity contribution is 8.14. The quantitative estimate of drug-likeness (QED) is 0.361. The molecule has 11 nitrogen and oxygen atoms in total. The van der Waals surface area contributed by atoms with Gasteiger partial charge in [0.05, 0.1) is 21.9 Å². The van der Waals surface area contributed by atoms with Gasteiger partial charge in [-0.2, -0.15) is 0 Å². The fraction of sp³-hybridized carbons (Fsp3) is 0.444. The summed E-state index contributed by atoms with van der Waals surface area (Å²) in [5.74, 6) is -1.67. The molecule has 0 bridgehead atoms. The predicted molar refractivity (Wildman–Crippen MR) is 107 cm³/mol. The number of anilines is 1. The van der Waals surface area contributed by atoms with Crippen molar-refractivity contribution in [2.75, 3.05) is 43.4 Å². The third-order valence-electron chi connectivity index (χ3n) is 4.69. The molecule has 0 spiro atoms. The second kappa shape index (κ2) is 9.57. The lowest BCUT2D eigenvalue weighted by molar-refractivity contribution is -0.384. The van der Waals surface area contributed by atoms with Gasteiger partial charge in [-0.1, -0.05) is 11.8 Å². The molecular weight excluding hydrogens is 416 g/mol. The Kier molecular flexibility index (Phi) is 6.87. The van der Waals surface area contributed by atoms with Crippen LogP contribution in [0.15, 0.2) is 18.2 Å². The van der Waals surface area contributed by atoms with E-state index in [-0.39, 0.29) is 41.2 Å². The van der Waals surface area contributed by atoms with Gasteiger partial charge in [0, 0.05) is 38.3 Å². The van der Waals surface area contributed by atoms with Crippen LogP contribution in [0, 0.1) is 10.1 Å². The number of imide groups is 1. The van der Waals surface area contributed by atoms with E-state index in [2.05, 4.69) is 5.32 Å². The number of nitrogens with zero attached hydrogens (tertiary/aromatic N) is 3. The molecule has 2 fully saturated rings. The van der Waals surface area contributed by atoms with Gasteiger partial charge in [0.25, 0.3) is 16.8 Å². The number of nitrogens with one attached hydrogen (secondary N) is 1. The van der Waals surface area contributed by atoms with Crippen molar-refractivity contribution in [2.45, 2.75) is 12.8 Å². The summed E-state index contributed by atoms with van der Waals surface area (Å²) in [6.07, 6.45) is 1.91. The van der Waals surface area contributed by atoms with E-state index in [0.717, 1.165) is 48.7 Å². The molecule has 12 heteroatoms. The lowest BCUT2D eigenvalue weighted by Gasteiger charge is -2.20. The highest BCUT2D eigenvalue weighted by atomic mass is 32.2. The molecule has 1 aromatic rings. The summed E-state index contributed by atoms with van der Waals surface area (Å²) in [6.45, 7) is 0.936. The Morgan fingerprint density at radius 1 is 1.23 bits per heavy atom. The largest absolute Gasteiger partial charge is 0.452 e.